The molecule has 1 amide bonds. The van der Waals surface area contributed by atoms with E-state index in [1.807, 2.05) is 31.9 Å². The van der Waals surface area contributed by atoms with Crippen LogP contribution in [0.2, 0.25) is 0 Å². The molecule has 1 fully saturated rings. The minimum absolute atomic E-state index is 0.125. The molecule has 22 heavy (non-hydrogen) atoms. The lowest BCUT2D eigenvalue weighted by Gasteiger charge is -2.22. The molecule has 3 rings (SSSR count). The van der Waals surface area contributed by atoms with Crippen molar-refractivity contribution in [2.45, 2.75) is 40.0 Å². The Balaban J connectivity index is 2.04. The predicted octanol–water partition coefficient (Wildman–Crippen LogP) is 2.85. The van der Waals surface area contributed by atoms with Crippen LogP contribution in [0.4, 0.5) is 0 Å². The van der Waals surface area contributed by atoms with E-state index in [0.29, 0.717) is 5.92 Å². The summed E-state index contributed by atoms with van der Waals surface area (Å²) in [6.45, 7) is 7.70. The molecule has 118 valence electrons. The molecule has 5 heteroatoms. The summed E-state index contributed by atoms with van der Waals surface area (Å²) in [7, 11) is 1.88. The highest BCUT2D eigenvalue weighted by Crippen LogP contribution is 2.31. The molecule has 2 heterocycles. The molecule has 1 aliphatic rings. The molecule has 0 bridgehead atoms. The number of hydrogen-bond donors (Lipinski definition) is 0. The number of aryl methyl sites for hydroxylation is 3. The molecule has 0 radical (unpaired) electrons. The van der Waals surface area contributed by atoms with Crippen molar-refractivity contribution >= 4 is 16.9 Å². The molecular weight excluding hydrogens is 276 g/mol. The fourth-order valence-electron chi connectivity index (χ4n) is 3.07. The van der Waals surface area contributed by atoms with E-state index >= 15 is 0 Å². The van der Waals surface area contributed by atoms with Crippen molar-refractivity contribution in [2.75, 3.05) is 13.1 Å². The molecule has 1 saturated carbocycles. The summed E-state index contributed by atoms with van der Waals surface area (Å²) in [5.74, 6) is 0.823. The Hall–Kier alpha value is -1.91. The van der Waals surface area contributed by atoms with Gasteiger partial charge in [0.05, 0.1) is 16.6 Å². The fourth-order valence-corrected chi connectivity index (χ4v) is 3.07. The number of pyridine rings is 1. The first-order valence-corrected chi connectivity index (χ1v) is 8.11. The second-order valence-electron chi connectivity index (χ2n) is 6.41. The van der Waals surface area contributed by atoms with E-state index in [0.717, 1.165) is 47.5 Å². The Labute approximate surface area is 131 Å². The first-order chi connectivity index (χ1) is 10.5. The number of nitrogens with zero attached hydrogens (tertiary/aromatic N) is 4. The van der Waals surface area contributed by atoms with Crippen LogP contribution in [-0.2, 0) is 7.05 Å². The van der Waals surface area contributed by atoms with Gasteiger partial charge in [0, 0.05) is 25.8 Å². The highest BCUT2D eigenvalue weighted by Gasteiger charge is 2.28. The number of amides is 1. The SMILES string of the molecule is CCCN(CC1CC1)C(=O)c1cc(C)nc2c1c(C)nn2C. The largest absolute Gasteiger partial charge is 0.338 e. The fraction of sp³-hybridized carbons (Fsp3) is 0.588. The zero-order chi connectivity index (χ0) is 15.9. The van der Waals surface area contributed by atoms with Crippen LogP contribution < -0.4 is 0 Å². The molecule has 0 spiro atoms. The summed E-state index contributed by atoms with van der Waals surface area (Å²) in [6.07, 6.45) is 3.49. The van der Waals surface area contributed by atoms with Gasteiger partial charge in [0.1, 0.15) is 0 Å². The summed E-state index contributed by atoms with van der Waals surface area (Å²) < 4.78 is 1.76. The number of carbonyl (C=O) groups excluding carboxylic acids is 1. The molecule has 5 nitrogen and oxygen atoms in total. The van der Waals surface area contributed by atoms with Gasteiger partial charge in [-0.3, -0.25) is 9.48 Å². The average molecular weight is 300 g/mol. The lowest BCUT2D eigenvalue weighted by Crippen LogP contribution is -2.34. The zero-order valence-corrected chi connectivity index (χ0v) is 13.9. The maximum atomic E-state index is 13.1. The van der Waals surface area contributed by atoms with Gasteiger partial charge in [0.2, 0.25) is 0 Å². The first-order valence-electron chi connectivity index (χ1n) is 8.11. The van der Waals surface area contributed by atoms with E-state index < -0.39 is 0 Å². The Morgan fingerprint density at radius 1 is 1.41 bits per heavy atom. The summed E-state index contributed by atoms with van der Waals surface area (Å²) in [5.41, 5.74) is 3.28. The molecule has 0 unspecified atom stereocenters. The van der Waals surface area contributed by atoms with Gasteiger partial charge < -0.3 is 4.90 Å². The maximum Gasteiger partial charge on any atom is 0.254 e. The van der Waals surface area contributed by atoms with Crippen molar-refractivity contribution in [2.24, 2.45) is 13.0 Å². The molecule has 0 aromatic carbocycles. The Kier molecular flexibility index (Phi) is 3.89. The van der Waals surface area contributed by atoms with E-state index in [1.165, 1.54) is 12.8 Å². The number of aromatic nitrogens is 3. The highest BCUT2D eigenvalue weighted by atomic mass is 16.2. The van der Waals surface area contributed by atoms with E-state index in [-0.39, 0.29) is 5.91 Å². The quantitative estimate of drug-likeness (QED) is 0.853. The Morgan fingerprint density at radius 3 is 2.77 bits per heavy atom. The normalized spacial score (nSPS) is 14.5. The van der Waals surface area contributed by atoms with Gasteiger partial charge in [0.15, 0.2) is 5.65 Å². The average Bonchev–Trinajstić information content (AvgIpc) is 3.24. The number of carbonyl (C=O) groups is 1. The highest BCUT2D eigenvalue weighted by molar-refractivity contribution is 6.06. The zero-order valence-electron chi connectivity index (χ0n) is 13.9. The summed E-state index contributed by atoms with van der Waals surface area (Å²) >= 11 is 0. The molecule has 1 aliphatic carbocycles. The topological polar surface area (TPSA) is 51.0 Å². The second-order valence-corrected chi connectivity index (χ2v) is 6.41. The van der Waals surface area contributed by atoms with Crippen LogP contribution in [0, 0.1) is 19.8 Å². The third kappa shape index (κ3) is 2.72. The van der Waals surface area contributed by atoms with E-state index in [1.54, 1.807) is 4.68 Å². The summed E-state index contributed by atoms with van der Waals surface area (Å²) in [5, 5.41) is 5.33. The second kappa shape index (κ2) is 5.71. The first kappa shape index (κ1) is 15.0. The van der Waals surface area contributed by atoms with Crippen LogP contribution in [0.1, 0.15) is 47.9 Å². The number of fused-ring (bicyclic) bond motifs is 1. The third-order valence-corrected chi connectivity index (χ3v) is 4.28. The van der Waals surface area contributed by atoms with Crippen molar-refractivity contribution in [3.8, 4) is 0 Å². The number of hydrogen-bond acceptors (Lipinski definition) is 3. The molecular formula is C17H24N4O. The van der Waals surface area contributed by atoms with Gasteiger partial charge in [-0.05, 0) is 45.1 Å². The van der Waals surface area contributed by atoms with Crippen LogP contribution in [0.15, 0.2) is 6.07 Å². The molecule has 0 N–H and O–H groups in total. The smallest absolute Gasteiger partial charge is 0.254 e. The maximum absolute atomic E-state index is 13.1. The Morgan fingerprint density at radius 2 is 2.14 bits per heavy atom. The minimum Gasteiger partial charge on any atom is -0.338 e. The predicted molar refractivity (Wildman–Crippen MR) is 86.9 cm³/mol. The molecule has 0 atom stereocenters. The van der Waals surface area contributed by atoms with Crippen LogP contribution in [0.25, 0.3) is 11.0 Å². The lowest BCUT2D eigenvalue weighted by atomic mass is 10.1. The lowest BCUT2D eigenvalue weighted by molar-refractivity contribution is 0.0749. The van der Waals surface area contributed by atoms with E-state index in [2.05, 4.69) is 17.0 Å². The molecule has 2 aromatic rings. The van der Waals surface area contributed by atoms with Crippen molar-refractivity contribution in [3.63, 3.8) is 0 Å². The van der Waals surface area contributed by atoms with Crippen molar-refractivity contribution in [1.82, 2.24) is 19.7 Å². The van der Waals surface area contributed by atoms with Crippen LogP contribution in [0.3, 0.4) is 0 Å². The van der Waals surface area contributed by atoms with Crippen LogP contribution in [-0.4, -0.2) is 38.7 Å². The van der Waals surface area contributed by atoms with Gasteiger partial charge in [-0.2, -0.15) is 5.10 Å². The molecule has 0 saturated heterocycles. The standard InChI is InChI=1S/C17H24N4O/c1-5-8-21(10-13-6-7-13)17(22)14-9-11(2)18-16-15(14)12(3)19-20(16)4/h9,13H,5-8,10H2,1-4H3. The van der Waals surface area contributed by atoms with Crippen molar-refractivity contribution in [3.05, 3.63) is 23.0 Å². The van der Waals surface area contributed by atoms with Gasteiger partial charge in [-0.1, -0.05) is 6.92 Å². The van der Waals surface area contributed by atoms with E-state index in [9.17, 15) is 4.79 Å². The van der Waals surface area contributed by atoms with Crippen LogP contribution >= 0.6 is 0 Å². The monoisotopic (exact) mass is 300 g/mol. The number of rotatable bonds is 5. The minimum atomic E-state index is 0.125. The third-order valence-electron chi connectivity index (χ3n) is 4.28. The molecule has 2 aromatic heterocycles. The molecule has 0 aliphatic heterocycles. The van der Waals surface area contributed by atoms with Gasteiger partial charge in [-0.15, -0.1) is 0 Å². The van der Waals surface area contributed by atoms with Crippen LogP contribution in [0.5, 0.6) is 0 Å². The summed E-state index contributed by atoms with van der Waals surface area (Å²) in [6, 6.07) is 1.91. The van der Waals surface area contributed by atoms with Crippen molar-refractivity contribution < 1.29 is 4.79 Å². The van der Waals surface area contributed by atoms with Gasteiger partial charge in [-0.25, -0.2) is 4.98 Å². The van der Waals surface area contributed by atoms with Gasteiger partial charge in [0.25, 0.3) is 5.91 Å². The summed E-state index contributed by atoms with van der Waals surface area (Å²) in [4.78, 5) is 19.6. The van der Waals surface area contributed by atoms with Crippen molar-refractivity contribution in [1.29, 1.82) is 0 Å². The Bertz CT molecular complexity index is 715. The van der Waals surface area contributed by atoms with E-state index in [4.69, 9.17) is 0 Å². The van der Waals surface area contributed by atoms with Gasteiger partial charge >= 0.3 is 0 Å².